The highest BCUT2D eigenvalue weighted by atomic mass is 32.2. The van der Waals surface area contributed by atoms with E-state index >= 15 is 0 Å². The van der Waals surface area contributed by atoms with E-state index < -0.39 is 10.0 Å². The zero-order chi connectivity index (χ0) is 16.9. The molecule has 0 radical (unpaired) electrons. The average Bonchev–Trinajstić information content (AvgIpc) is 2.48. The van der Waals surface area contributed by atoms with Crippen molar-refractivity contribution in [3.05, 3.63) is 23.8 Å². The molecule has 3 N–H and O–H groups in total. The maximum absolute atomic E-state index is 12.5. The summed E-state index contributed by atoms with van der Waals surface area (Å²) in [5, 5.41) is 8.14. The van der Waals surface area contributed by atoms with Crippen molar-refractivity contribution in [3.8, 4) is 5.75 Å². The molecule has 23 heavy (non-hydrogen) atoms. The molecule has 0 atom stereocenters. The van der Waals surface area contributed by atoms with Gasteiger partial charge >= 0.3 is 0 Å². The number of benzene rings is 1. The summed E-state index contributed by atoms with van der Waals surface area (Å²) >= 11 is 0. The molecular weight excluding hydrogens is 316 g/mol. The standard InChI is InChI=1S/C16H24N2O4S/c1-22-15-10-9-13(23(17,20)21)11-14(15)16(19)18-12-7-5-3-2-4-6-8-12/h9-12H,2-8H2,1H3,(H,18,19)(H2,17,20,21). The first-order valence-electron chi connectivity index (χ1n) is 7.93. The van der Waals surface area contributed by atoms with Crippen molar-refractivity contribution in [3.63, 3.8) is 0 Å². The van der Waals surface area contributed by atoms with E-state index in [4.69, 9.17) is 9.88 Å². The van der Waals surface area contributed by atoms with Crippen molar-refractivity contribution in [2.24, 2.45) is 5.14 Å². The molecule has 0 unspecified atom stereocenters. The molecule has 0 aliphatic heterocycles. The maximum atomic E-state index is 12.5. The van der Waals surface area contributed by atoms with Crippen LogP contribution in [0.1, 0.15) is 55.3 Å². The van der Waals surface area contributed by atoms with Crippen LogP contribution in [0, 0.1) is 0 Å². The van der Waals surface area contributed by atoms with Crippen molar-refractivity contribution in [2.45, 2.75) is 55.9 Å². The van der Waals surface area contributed by atoms with Crippen LogP contribution >= 0.6 is 0 Å². The Bertz CT molecular complexity index is 650. The van der Waals surface area contributed by atoms with Crippen LogP contribution in [-0.4, -0.2) is 27.5 Å². The van der Waals surface area contributed by atoms with Crippen molar-refractivity contribution >= 4 is 15.9 Å². The highest BCUT2D eigenvalue weighted by Crippen LogP contribution is 2.23. The molecule has 0 spiro atoms. The molecule has 0 aromatic heterocycles. The van der Waals surface area contributed by atoms with E-state index in [1.54, 1.807) is 0 Å². The normalized spacial score (nSPS) is 17.1. The smallest absolute Gasteiger partial charge is 0.255 e. The first-order valence-corrected chi connectivity index (χ1v) is 9.48. The van der Waals surface area contributed by atoms with Crippen molar-refractivity contribution in [1.82, 2.24) is 5.32 Å². The molecule has 6 nitrogen and oxygen atoms in total. The van der Waals surface area contributed by atoms with Gasteiger partial charge in [-0.1, -0.05) is 32.1 Å². The first kappa shape index (κ1) is 17.7. The molecule has 1 aromatic rings. The zero-order valence-electron chi connectivity index (χ0n) is 13.4. The predicted octanol–water partition coefficient (Wildman–Crippen LogP) is 2.19. The van der Waals surface area contributed by atoms with Crippen LogP contribution in [0.3, 0.4) is 0 Å². The number of methoxy groups -OCH3 is 1. The van der Waals surface area contributed by atoms with Gasteiger partial charge in [0.2, 0.25) is 10.0 Å². The van der Waals surface area contributed by atoms with Gasteiger partial charge in [0.1, 0.15) is 5.75 Å². The fourth-order valence-electron chi connectivity index (χ4n) is 2.91. The number of nitrogens with two attached hydrogens (primary N) is 1. The Morgan fingerprint density at radius 2 is 1.78 bits per heavy atom. The fraction of sp³-hybridized carbons (Fsp3) is 0.562. The highest BCUT2D eigenvalue weighted by molar-refractivity contribution is 7.89. The van der Waals surface area contributed by atoms with Gasteiger partial charge in [0.05, 0.1) is 17.6 Å². The third-order valence-corrected chi connectivity index (χ3v) is 5.10. The van der Waals surface area contributed by atoms with Crippen molar-refractivity contribution in [1.29, 1.82) is 0 Å². The number of ether oxygens (including phenoxy) is 1. The maximum Gasteiger partial charge on any atom is 0.255 e. The van der Waals surface area contributed by atoms with Gasteiger partial charge in [0.25, 0.3) is 5.91 Å². The third kappa shape index (κ3) is 4.94. The van der Waals surface area contributed by atoms with E-state index in [1.807, 2.05) is 0 Å². The summed E-state index contributed by atoms with van der Waals surface area (Å²) in [7, 11) is -2.42. The van der Waals surface area contributed by atoms with Crippen molar-refractivity contribution in [2.75, 3.05) is 7.11 Å². The molecule has 1 amide bonds. The van der Waals surface area contributed by atoms with Crippen LogP contribution in [0.15, 0.2) is 23.1 Å². The van der Waals surface area contributed by atoms with E-state index in [0.717, 1.165) is 25.7 Å². The summed E-state index contributed by atoms with van der Waals surface area (Å²) in [6.07, 6.45) is 7.72. The van der Waals surface area contributed by atoms with E-state index in [-0.39, 0.29) is 22.4 Å². The minimum Gasteiger partial charge on any atom is -0.496 e. The summed E-state index contributed by atoms with van der Waals surface area (Å²) < 4.78 is 28.1. The molecule has 0 bridgehead atoms. The molecule has 1 aliphatic carbocycles. The summed E-state index contributed by atoms with van der Waals surface area (Å²) in [4.78, 5) is 12.4. The van der Waals surface area contributed by atoms with Crippen LogP contribution in [0.5, 0.6) is 5.75 Å². The fourth-order valence-corrected chi connectivity index (χ4v) is 3.44. The number of primary sulfonamides is 1. The number of sulfonamides is 1. The summed E-state index contributed by atoms with van der Waals surface area (Å²) in [5.74, 6) is 0.0127. The Hall–Kier alpha value is -1.60. The topological polar surface area (TPSA) is 98.5 Å². The molecule has 1 saturated carbocycles. The summed E-state index contributed by atoms with van der Waals surface area (Å²) in [6.45, 7) is 0. The minimum absolute atomic E-state index is 0.0962. The Balaban J connectivity index is 2.19. The predicted molar refractivity (Wildman–Crippen MR) is 87.9 cm³/mol. The van der Waals surface area contributed by atoms with Crippen LogP contribution < -0.4 is 15.2 Å². The number of carbonyl (C=O) groups excluding carboxylic acids is 1. The highest BCUT2D eigenvalue weighted by Gasteiger charge is 2.20. The first-order chi connectivity index (χ1) is 10.9. The average molecular weight is 340 g/mol. The number of nitrogens with one attached hydrogen (secondary N) is 1. The Morgan fingerprint density at radius 1 is 1.17 bits per heavy atom. The van der Waals surface area contributed by atoms with Gasteiger partial charge in [0.15, 0.2) is 0 Å². The molecule has 1 aliphatic rings. The number of rotatable bonds is 4. The van der Waals surface area contributed by atoms with Crippen LogP contribution in [0.2, 0.25) is 0 Å². The van der Waals surface area contributed by atoms with Crippen LogP contribution in [0.4, 0.5) is 0 Å². The summed E-state index contributed by atoms with van der Waals surface area (Å²) in [6, 6.07) is 4.17. The van der Waals surface area contributed by atoms with Crippen LogP contribution in [-0.2, 0) is 10.0 Å². The van der Waals surface area contributed by atoms with Gasteiger partial charge in [-0.3, -0.25) is 4.79 Å². The molecule has 1 aromatic carbocycles. The molecule has 2 rings (SSSR count). The van der Waals surface area contributed by atoms with Gasteiger partial charge in [-0.15, -0.1) is 0 Å². The molecular formula is C16H24N2O4S. The van der Waals surface area contributed by atoms with Gasteiger partial charge in [-0.25, -0.2) is 13.6 Å². The van der Waals surface area contributed by atoms with E-state index in [9.17, 15) is 13.2 Å². The minimum atomic E-state index is -3.86. The Kier molecular flexibility index (Phi) is 6.01. The molecule has 7 heteroatoms. The monoisotopic (exact) mass is 340 g/mol. The van der Waals surface area contributed by atoms with E-state index in [1.165, 1.54) is 44.6 Å². The van der Waals surface area contributed by atoms with Gasteiger partial charge in [-0.05, 0) is 31.0 Å². The van der Waals surface area contributed by atoms with Gasteiger partial charge in [-0.2, -0.15) is 0 Å². The lowest BCUT2D eigenvalue weighted by molar-refractivity contribution is 0.0927. The van der Waals surface area contributed by atoms with E-state index in [2.05, 4.69) is 5.32 Å². The largest absolute Gasteiger partial charge is 0.496 e. The zero-order valence-corrected chi connectivity index (χ0v) is 14.2. The quantitative estimate of drug-likeness (QED) is 0.877. The number of hydrogen-bond donors (Lipinski definition) is 2. The number of amides is 1. The lowest BCUT2D eigenvalue weighted by Gasteiger charge is -2.21. The molecule has 128 valence electrons. The van der Waals surface area contributed by atoms with Gasteiger partial charge in [0, 0.05) is 6.04 Å². The Labute approximate surface area is 137 Å². The lowest BCUT2D eigenvalue weighted by Crippen LogP contribution is -2.35. The third-order valence-electron chi connectivity index (χ3n) is 4.18. The number of carbonyl (C=O) groups is 1. The SMILES string of the molecule is COc1ccc(S(N)(=O)=O)cc1C(=O)NC1CCCCCCC1. The number of hydrogen-bond acceptors (Lipinski definition) is 4. The second-order valence-corrected chi connectivity index (χ2v) is 7.48. The lowest BCUT2D eigenvalue weighted by atomic mass is 9.96. The second-order valence-electron chi connectivity index (χ2n) is 5.92. The summed E-state index contributed by atoms with van der Waals surface area (Å²) in [5.41, 5.74) is 0.195. The Morgan fingerprint density at radius 3 is 2.35 bits per heavy atom. The van der Waals surface area contributed by atoms with E-state index in [0.29, 0.717) is 5.75 Å². The van der Waals surface area contributed by atoms with Gasteiger partial charge < -0.3 is 10.1 Å². The second kappa shape index (κ2) is 7.79. The molecule has 0 heterocycles. The molecule has 1 fully saturated rings. The van der Waals surface area contributed by atoms with Crippen molar-refractivity contribution < 1.29 is 17.9 Å². The molecule has 0 saturated heterocycles. The van der Waals surface area contributed by atoms with Crippen LogP contribution in [0.25, 0.3) is 0 Å².